The Morgan fingerprint density at radius 1 is 0.824 bits per heavy atom. The highest BCUT2D eigenvalue weighted by molar-refractivity contribution is 7.30. The first-order chi connectivity index (χ1) is 6.77. The Kier molecular flexibility index (Phi) is 12.1. The molecule has 3 nitrogen and oxygen atoms in total. The highest BCUT2D eigenvalue weighted by Gasteiger charge is 2.18. The second kappa shape index (κ2) is 9.49. The van der Waals surface area contributed by atoms with Crippen molar-refractivity contribution in [1.82, 2.24) is 0 Å². The van der Waals surface area contributed by atoms with Gasteiger partial charge >= 0.3 is 8.25 Å². The maximum absolute atomic E-state index is 12.0. The van der Waals surface area contributed by atoms with Crippen LogP contribution in [0.1, 0.15) is 0 Å². The third-order valence-corrected chi connectivity index (χ3v) is 1.06. The minimum absolute atomic E-state index is 0. The topological polar surface area (TPSA) is 57.5 Å². The minimum Gasteiger partial charge on any atom is -0.298 e. The maximum atomic E-state index is 12.0. The van der Waals surface area contributed by atoms with E-state index in [1.54, 1.807) is 0 Å². The predicted octanol–water partition coefficient (Wildman–Crippen LogP) is 2.85. The van der Waals surface area contributed by atoms with Gasteiger partial charge in [-0.25, -0.2) is 26.5 Å². The summed E-state index contributed by atoms with van der Waals surface area (Å²) >= 11 is 0. The molecule has 1 rings (SSSR count). The first kappa shape index (κ1) is 21.7. The van der Waals surface area contributed by atoms with Crippen molar-refractivity contribution in [2.45, 2.75) is 0 Å². The van der Waals surface area contributed by atoms with Crippen molar-refractivity contribution in [1.29, 1.82) is 0 Å². The first-order valence-corrected chi connectivity index (χ1v) is 4.27. The maximum Gasteiger partial charge on any atom is 0.363 e. The third-order valence-electron chi connectivity index (χ3n) is 1.06. The van der Waals surface area contributed by atoms with Crippen LogP contribution < -0.4 is 0 Å². The smallest absolute Gasteiger partial charge is 0.298 e. The van der Waals surface area contributed by atoms with Crippen LogP contribution in [-0.2, 0) is 4.57 Å². The summed E-state index contributed by atoms with van der Waals surface area (Å²) in [6.45, 7) is 0. The molecule has 0 fully saturated rings. The van der Waals surface area contributed by atoms with E-state index in [2.05, 4.69) is 0 Å². The molecule has 0 aliphatic carbocycles. The monoisotopic (exact) mass is 321 g/mol. The molecule has 0 unspecified atom stereocenters. The van der Waals surface area contributed by atoms with Crippen molar-refractivity contribution in [3.63, 3.8) is 0 Å². The largest absolute Gasteiger partial charge is 0.363 e. The van der Waals surface area contributed by atoms with Crippen LogP contribution >= 0.6 is 33.1 Å². The molecule has 0 atom stereocenters. The second-order valence-electron chi connectivity index (χ2n) is 2.03. The minimum atomic E-state index is -2.87. The van der Waals surface area contributed by atoms with E-state index in [9.17, 15) is 22.0 Å². The van der Waals surface area contributed by atoms with Crippen LogP contribution in [0.15, 0.2) is 6.07 Å². The van der Waals surface area contributed by atoms with Crippen molar-refractivity contribution in [2.24, 2.45) is 0 Å². The van der Waals surface area contributed by atoms with Crippen molar-refractivity contribution >= 4 is 33.1 Å². The van der Waals surface area contributed by atoms with Gasteiger partial charge in [0.1, 0.15) is 0 Å². The summed E-state index contributed by atoms with van der Waals surface area (Å²) in [5.41, 5.74) is 0. The van der Waals surface area contributed by atoms with Crippen LogP contribution in [0.3, 0.4) is 0 Å². The first-order valence-electron chi connectivity index (χ1n) is 3.10. The fourth-order valence-corrected chi connectivity index (χ4v) is 0.544. The Morgan fingerprint density at radius 2 is 1.06 bits per heavy atom. The van der Waals surface area contributed by atoms with E-state index in [0.29, 0.717) is 0 Å². The molecule has 0 aromatic heterocycles. The molecule has 0 spiro atoms. The molecule has 0 amide bonds. The normalized spacial score (nSPS) is 8.18. The van der Waals surface area contributed by atoms with E-state index in [4.69, 9.17) is 14.4 Å². The summed E-state index contributed by atoms with van der Waals surface area (Å²) in [7, 11) is -2.87. The van der Waals surface area contributed by atoms with Crippen molar-refractivity contribution in [2.75, 3.05) is 0 Å². The number of halogens is 7. The van der Waals surface area contributed by atoms with Crippen LogP contribution in [0.5, 0.6) is 0 Å². The van der Waals surface area contributed by atoms with Crippen LogP contribution in [0.4, 0.5) is 22.0 Å². The molecule has 1 aromatic rings. The van der Waals surface area contributed by atoms with Gasteiger partial charge in [0.25, 0.3) is 0 Å². The summed E-state index contributed by atoms with van der Waals surface area (Å²) in [6.07, 6.45) is 0. The van der Waals surface area contributed by atoms with Gasteiger partial charge in [-0.3, -0.25) is 9.79 Å². The fraction of sp³-hybridized carbons (Fsp3) is 0. The summed E-state index contributed by atoms with van der Waals surface area (Å²) in [5.74, 6) is -9.65. The number of hydrogen-bond donors (Lipinski definition) is 2. The highest BCUT2D eigenvalue weighted by atomic mass is 35.5. The lowest BCUT2D eigenvalue weighted by Gasteiger charge is -1.96. The molecule has 1 radical (unpaired) electrons. The quantitative estimate of drug-likeness (QED) is 0.334. The van der Waals surface area contributed by atoms with Crippen molar-refractivity contribution in [3.05, 3.63) is 35.2 Å². The van der Waals surface area contributed by atoms with Crippen LogP contribution in [-0.4, -0.2) is 9.79 Å². The zero-order chi connectivity index (χ0) is 12.2. The van der Waals surface area contributed by atoms with Crippen LogP contribution in [0.2, 0.25) is 0 Å². The van der Waals surface area contributed by atoms with E-state index in [-0.39, 0.29) is 30.9 Å². The molecule has 0 aliphatic heterocycles. The Morgan fingerprint density at radius 3 is 1.29 bits per heavy atom. The number of rotatable bonds is 0. The molecule has 0 saturated carbocycles. The second-order valence-corrected chi connectivity index (χ2v) is 2.54. The zero-order valence-electron chi connectivity index (χ0n) is 7.53. The Balaban J connectivity index is -0.000000289. The van der Waals surface area contributed by atoms with E-state index >= 15 is 0 Å². The van der Waals surface area contributed by atoms with Crippen molar-refractivity contribution in [3.8, 4) is 0 Å². The molecule has 0 bridgehead atoms. The summed E-state index contributed by atoms with van der Waals surface area (Å²) in [4.78, 5) is 14.2. The van der Waals surface area contributed by atoms with Crippen LogP contribution in [0.25, 0.3) is 0 Å². The van der Waals surface area contributed by atoms with E-state index < -0.39 is 37.3 Å². The molecule has 0 saturated heterocycles. The Bertz CT molecular complexity index is 362. The van der Waals surface area contributed by atoms with Gasteiger partial charge in [-0.2, -0.15) is 0 Å². The van der Waals surface area contributed by atoms with Gasteiger partial charge < -0.3 is 0 Å². The molecule has 1 aromatic carbocycles. The Hall–Kier alpha value is -0.530. The highest BCUT2D eigenvalue weighted by Crippen LogP contribution is 2.16. The van der Waals surface area contributed by atoms with E-state index in [1.165, 1.54) is 0 Å². The lowest BCUT2D eigenvalue weighted by atomic mass is 10.3. The summed E-state index contributed by atoms with van der Waals surface area (Å²) in [6, 6.07) is -0.0618. The average Bonchev–Trinajstić information content (AvgIpc) is 2.11. The third kappa shape index (κ3) is 7.40. The molecule has 0 heterocycles. The molecule has 101 valence electrons. The summed E-state index contributed by atoms with van der Waals surface area (Å²) in [5, 5.41) is 0. The van der Waals surface area contributed by atoms with Gasteiger partial charge in [-0.05, 0) is 0 Å². The van der Waals surface area contributed by atoms with Gasteiger partial charge in [-0.15, -0.1) is 24.8 Å². The van der Waals surface area contributed by atoms with Gasteiger partial charge in [0.05, 0.1) is 0 Å². The van der Waals surface area contributed by atoms with Gasteiger partial charge in [0, 0.05) is 6.07 Å². The summed E-state index contributed by atoms with van der Waals surface area (Å²) < 4.78 is 68.8. The van der Waals surface area contributed by atoms with Gasteiger partial charge in [0.2, 0.25) is 5.82 Å². The molecule has 17 heavy (non-hydrogen) atoms. The fourth-order valence-electron chi connectivity index (χ4n) is 0.544. The molecule has 2 N–H and O–H groups in total. The predicted molar refractivity (Wildman–Crippen MR) is 52.8 cm³/mol. The van der Waals surface area contributed by atoms with E-state index in [0.717, 1.165) is 0 Å². The molecular formula is C6H5Cl2F5O3P. The number of benzene rings is 1. The lowest BCUT2D eigenvalue weighted by molar-refractivity contribution is 0.378. The lowest BCUT2D eigenvalue weighted by Crippen LogP contribution is -1.98. The van der Waals surface area contributed by atoms with Crippen molar-refractivity contribution < 1.29 is 36.3 Å². The van der Waals surface area contributed by atoms with E-state index in [1.807, 2.05) is 0 Å². The SMILES string of the molecule is Cl.Cl.Fc1cc(F)c(F)c(F)c1F.O=[P](O)O. The van der Waals surface area contributed by atoms with Gasteiger partial charge in [-0.1, -0.05) is 0 Å². The Labute approximate surface area is 105 Å². The standard InChI is InChI=1S/C6HF5.2ClH.H2O3P/c7-2-1-3(8)5(10)6(11)4(2)9;;;1-4(2)3/h1H;2*1H;(H2,1,2,3). The molecule has 11 heteroatoms. The average molecular weight is 322 g/mol. The number of hydrogen-bond acceptors (Lipinski definition) is 1. The zero-order valence-corrected chi connectivity index (χ0v) is 10.1. The van der Waals surface area contributed by atoms with Gasteiger partial charge in [0.15, 0.2) is 23.3 Å². The molecule has 0 aliphatic rings. The molecular weight excluding hydrogens is 317 g/mol. The van der Waals surface area contributed by atoms with Crippen LogP contribution in [0, 0.1) is 29.1 Å².